The van der Waals surface area contributed by atoms with Gasteiger partial charge in [0.25, 0.3) is 0 Å². The van der Waals surface area contributed by atoms with Crippen LogP contribution in [0.2, 0.25) is 0 Å². The van der Waals surface area contributed by atoms with Gasteiger partial charge in [0.15, 0.2) is 0 Å². The average molecular weight is 293 g/mol. The van der Waals surface area contributed by atoms with Crippen LogP contribution in [-0.4, -0.2) is 53.3 Å². The Bertz CT molecular complexity index is 414. The maximum atomic E-state index is 12.4. The monoisotopic (exact) mass is 293 g/mol. The summed E-state index contributed by atoms with van der Waals surface area (Å²) in [6.07, 6.45) is 8.17. The summed E-state index contributed by atoms with van der Waals surface area (Å²) in [6, 6.07) is 0. The van der Waals surface area contributed by atoms with Crippen molar-refractivity contribution in [2.24, 2.45) is 11.7 Å². The van der Waals surface area contributed by atoms with Crippen LogP contribution < -0.4 is 5.73 Å². The number of hydrogen-bond donors (Lipinski definition) is 1. The summed E-state index contributed by atoms with van der Waals surface area (Å²) in [5.41, 5.74) is 5.42. The zero-order valence-electron chi connectivity index (χ0n) is 12.9. The van der Waals surface area contributed by atoms with E-state index in [0.29, 0.717) is 25.4 Å². The smallest absolute Gasteiger partial charge is 0.242 e. The molecule has 3 aliphatic rings. The van der Waals surface area contributed by atoms with Gasteiger partial charge in [-0.05, 0) is 38.0 Å². The lowest BCUT2D eigenvalue weighted by molar-refractivity contribution is -0.135. The molecule has 118 valence electrons. The van der Waals surface area contributed by atoms with Gasteiger partial charge >= 0.3 is 0 Å². The second-order valence-electron chi connectivity index (χ2n) is 7.04. The highest BCUT2D eigenvalue weighted by Crippen LogP contribution is 2.34. The van der Waals surface area contributed by atoms with Gasteiger partial charge in [-0.3, -0.25) is 9.59 Å². The predicted octanol–water partition coefficient (Wildman–Crippen LogP) is 1.12. The minimum Gasteiger partial charge on any atom is -0.341 e. The van der Waals surface area contributed by atoms with Gasteiger partial charge in [0.1, 0.15) is 0 Å². The molecule has 0 atom stereocenters. The fourth-order valence-electron chi connectivity index (χ4n) is 3.62. The number of amides is 2. The molecular weight excluding hydrogens is 266 g/mol. The number of nitrogens with zero attached hydrogens (tertiary/aromatic N) is 2. The molecule has 2 amide bonds. The van der Waals surface area contributed by atoms with Gasteiger partial charge in [-0.2, -0.15) is 0 Å². The Morgan fingerprint density at radius 1 is 0.952 bits per heavy atom. The predicted molar refractivity (Wildman–Crippen MR) is 80.5 cm³/mol. The topological polar surface area (TPSA) is 66.6 Å². The van der Waals surface area contributed by atoms with Crippen molar-refractivity contribution in [2.45, 2.75) is 56.9 Å². The third-order valence-corrected chi connectivity index (χ3v) is 5.29. The van der Waals surface area contributed by atoms with Gasteiger partial charge in [-0.25, -0.2) is 0 Å². The van der Waals surface area contributed by atoms with Crippen molar-refractivity contribution in [3.05, 3.63) is 0 Å². The minimum atomic E-state index is -0.580. The zero-order chi connectivity index (χ0) is 14.9. The molecule has 5 heteroatoms. The van der Waals surface area contributed by atoms with Crippen molar-refractivity contribution in [1.29, 1.82) is 0 Å². The van der Waals surface area contributed by atoms with Crippen LogP contribution in [0.4, 0.5) is 0 Å². The molecule has 2 saturated carbocycles. The van der Waals surface area contributed by atoms with Crippen molar-refractivity contribution in [1.82, 2.24) is 9.80 Å². The number of carbonyl (C=O) groups excluding carboxylic acids is 2. The minimum absolute atomic E-state index is 0.0904. The number of carbonyl (C=O) groups is 2. The molecule has 0 aromatic carbocycles. The van der Waals surface area contributed by atoms with Gasteiger partial charge in [-0.1, -0.05) is 12.8 Å². The van der Waals surface area contributed by atoms with Gasteiger partial charge < -0.3 is 15.5 Å². The fourth-order valence-corrected chi connectivity index (χ4v) is 3.62. The largest absolute Gasteiger partial charge is 0.341 e. The van der Waals surface area contributed by atoms with E-state index in [4.69, 9.17) is 5.73 Å². The van der Waals surface area contributed by atoms with E-state index in [2.05, 4.69) is 0 Å². The Labute approximate surface area is 126 Å². The molecule has 0 spiro atoms. The van der Waals surface area contributed by atoms with Crippen LogP contribution in [0.3, 0.4) is 0 Å². The first-order chi connectivity index (χ1) is 10.1. The summed E-state index contributed by atoms with van der Waals surface area (Å²) in [4.78, 5) is 28.5. The van der Waals surface area contributed by atoms with E-state index in [1.807, 2.05) is 9.80 Å². The van der Waals surface area contributed by atoms with Gasteiger partial charge in [0, 0.05) is 32.6 Å². The lowest BCUT2D eigenvalue weighted by Crippen LogP contribution is -2.47. The van der Waals surface area contributed by atoms with Crippen LogP contribution >= 0.6 is 0 Å². The van der Waals surface area contributed by atoms with Crippen LogP contribution in [0.1, 0.15) is 51.4 Å². The van der Waals surface area contributed by atoms with E-state index in [1.54, 1.807) is 0 Å². The van der Waals surface area contributed by atoms with Crippen molar-refractivity contribution < 1.29 is 9.59 Å². The molecule has 1 saturated heterocycles. The SMILES string of the molecule is NC1(C(=O)N2CCCN(C(=O)CC3CCCC3)CC2)CC1. The van der Waals surface area contributed by atoms with E-state index >= 15 is 0 Å². The molecular formula is C16H27N3O2. The molecule has 0 bridgehead atoms. The van der Waals surface area contributed by atoms with Gasteiger partial charge in [0.2, 0.25) is 11.8 Å². The zero-order valence-corrected chi connectivity index (χ0v) is 12.9. The first-order valence-electron chi connectivity index (χ1n) is 8.44. The summed E-state index contributed by atoms with van der Waals surface area (Å²) in [5, 5.41) is 0. The van der Waals surface area contributed by atoms with Crippen LogP contribution in [0.5, 0.6) is 0 Å². The maximum absolute atomic E-state index is 12.4. The molecule has 21 heavy (non-hydrogen) atoms. The standard InChI is InChI=1S/C16H27N3O2/c17-16(6-7-16)15(21)19-9-3-8-18(10-11-19)14(20)12-13-4-1-2-5-13/h13H,1-12,17H2. The van der Waals surface area contributed by atoms with Crippen LogP contribution in [0.15, 0.2) is 0 Å². The van der Waals surface area contributed by atoms with Crippen molar-refractivity contribution in [3.8, 4) is 0 Å². The molecule has 0 aromatic heterocycles. The lowest BCUT2D eigenvalue weighted by atomic mass is 10.0. The summed E-state index contributed by atoms with van der Waals surface area (Å²) >= 11 is 0. The fraction of sp³-hybridized carbons (Fsp3) is 0.875. The third-order valence-electron chi connectivity index (χ3n) is 5.29. The normalized spacial score (nSPS) is 25.8. The van der Waals surface area contributed by atoms with Gasteiger partial charge in [0.05, 0.1) is 5.54 Å². The van der Waals surface area contributed by atoms with Crippen LogP contribution in [0, 0.1) is 5.92 Å². The maximum Gasteiger partial charge on any atom is 0.242 e. The highest BCUT2D eigenvalue weighted by Gasteiger charge is 2.48. The van der Waals surface area contributed by atoms with E-state index < -0.39 is 5.54 Å². The van der Waals surface area contributed by atoms with Crippen LogP contribution in [0.25, 0.3) is 0 Å². The summed E-state index contributed by atoms with van der Waals surface area (Å²) in [7, 11) is 0. The van der Waals surface area contributed by atoms with Crippen molar-refractivity contribution >= 4 is 11.8 Å². The Morgan fingerprint density at radius 3 is 2.24 bits per heavy atom. The molecule has 2 N–H and O–H groups in total. The van der Waals surface area contributed by atoms with E-state index in [9.17, 15) is 9.59 Å². The Kier molecular flexibility index (Phi) is 4.20. The second kappa shape index (κ2) is 5.95. The molecule has 3 fully saturated rings. The molecule has 1 heterocycles. The van der Waals surface area contributed by atoms with E-state index in [1.165, 1.54) is 25.7 Å². The summed E-state index contributed by atoms with van der Waals surface area (Å²) < 4.78 is 0. The highest BCUT2D eigenvalue weighted by atomic mass is 16.2. The Balaban J connectivity index is 1.50. The summed E-state index contributed by atoms with van der Waals surface area (Å²) in [6.45, 7) is 2.85. The Hall–Kier alpha value is -1.10. The van der Waals surface area contributed by atoms with Crippen molar-refractivity contribution in [3.63, 3.8) is 0 Å². The third kappa shape index (κ3) is 3.39. The first-order valence-corrected chi connectivity index (χ1v) is 8.44. The summed E-state index contributed by atoms with van der Waals surface area (Å²) in [5.74, 6) is 0.968. The Morgan fingerprint density at radius 2 is 1.57 bits per heavy atom. The molecule has 0 aromatic rings. The molecule has 1 aliphatic heterocycles. The van der Waals surface area contributed by atoms with Crippen molar-refractivity contribution in [2.75, 3.05) is 26.2 Å². The molecule has 0 unspecified atom stereocenters. The van der Waals surface area contributed by atoms with Gasteiger partial charge in [-0.15, -0.1) is 0 Å². The first kappa shape index (κ1) is 14.8. The average Bonchev–Trinajstić information content (AvgIpc) is 3.11. The molecule has 5 nitrogen and oxygen atoms in total. The quantitative estimate of drug-likeness (QED) is 0.848. The molecule has 3 rings (SSSR count). The number of rotatable bonds is 3. The molecule has 0 radical (unpaired) electrons. The lowest BCUT2D eigenvalue weighted by Gasteiger charge is -2.25. The second-order valence-corrected chi connectivity index (χ2v) is 7.04. The van der Waals surface area contributed by atoms with E-state index in [0.717, 1.165) is 32.4 Å². The van der Waals surface area contributed by atoms with E-state index in [-0.39, 0.29) is 11.8 Å². The number of nitrogens with two attached hydrogens (primary N) is 1. The number of hydrogen-bond acceptors (Lipinski definition) is 3. The highest BCUT2D eigenvalue weighted by molar-refractivity contribution is 5.89. The molecule has 2 aliphatic carbocycles. The van der Waals surface area contributed by atoms with Crippen LogP contribution in [-0.2, 0) is 9.59 Å².